The fourth-order valence-electron chi connectivity index (χ4n) is 2.68. The number of allylic oxidation sites excluding steroid dienone is 1. The van der Waals surface area contributed by atoms with E-state index in [1.165, 1.54) is 30.3 Å². The molecule has 0 saturated carbocycles. The number of primary amides is 2. The van der Waals surface area contributed by atoms with Crippen molar-refractivity contribution in [3.05, 3.63) is 70.9 Å². The van der Waals surface area contributed by atoms with Crippen LogP contribution in [0.15, 0.2) is 48.2 Å². The molecule has 0 bridgehead atoms. The zero-order chi connectivity index (χ0) is 22.4. The Bertz CT molecular complexity index is 1020. The molecule has 0 aromatic heterocycles. The van der Waals surface area contributed by atoms with Crippen LogP contribution in [0, 0.1) is 11.6 Å². The number of hydrogen-bond acceptors (Lipinski definition) is 5. The first-order valence-electron chi connectivity index (χ1n) is 8.75. The van der Waals surface area contributed by atoms with E-state index >= 15 is 0 Å². The van der Waals surface area contributed by atoms with Crippen molar-refractivity contribution >= 4 is 40.4 Å². The highest BCUT2D eigenvalue weighted by molar-refractivity contribution is 7.81. The highest BCUT2D eigenvalue weighted by Crippen LogP contribution is 2.26. The maximum Gasteiger partial charge on any atom is 0.250 e. The number of carbonyl (C=O) groups excluding carboxylic acids is 2. The Hall–Kier alpha value is -3.53. The van der Waals surface area contributed by atoms with Gasteiger partial charge < -0.3 is 27.8 Å². The van der Waals surface area contributed by atoms with E-state index in [0.29, 0.717) is 11.3 Å². The highest BCUT2D eigenvalue weighted by atomic mass is 32.1. The number of carbonyl (C=O) groups is 2. The lowest BCUT2D eigenvalue weighted by atomic mass is 10.0. The topological polar surface area (TPSA) is 136 Å². The van der Waals surface area contributed by atoms with Gasteiger partial charge in [-0.15, -0.1) is 0 Å². The summed E-state index contributed by atoms with van der Waals surface area (Å²) < 4.78 is 28.0. The van der Waals surface area contributed by atoms with Crippen molar-refractivity contribution in [1.82, 2.24) is 0 Å². The zero-order valence-electron chi connectivity index (χ0n) is 16.0. The molecule has 2 aromatic carbocycles. The van der Waals surface area contributed by atoms with Crippen LogP contribution in [0.5, 0.6) is 0 Å². The quantitative estimate of drug-likeness (QED) is 0.320. The smallest absolute Gasteiger partial charge is 0.250 e. The van der Waals surface area contributed by atoms with Crippen LogP contribution >= 0.6 is 12.2 Å². The van der Waals surface area contributed by atoms with Crippen molar-refractivity contribution in [2.24, 2.45) is 17.2 Å². The second-order valence-electron chi connectivity index (χ2n) is 6.55. The summed E-state index contributed by atoms with van der Waals surface area (Å²) in [5.74, 6) is -2.97. The molecule has 0 unspecified atom stereocenters. The molecule has 0 radical (unpaired) electrons. The number of thiocarbonyl (C=S) groups is 1. The van der Waals surface area contributed by atoms with E-state index in [1.807, 2.05) is 0 Å². The first-order chi connectivity index (χ1) is 14.1. The van der Waals surface area contributed by atoms with Gasteiger partial charge in [0, 0.05) is 12.1 Å². The van der Waals surface area contributed by atoms with Gasteiger partial charge in [-0.25, -0.2) is 8.78 Å². The maximum absolute atomic E-state index is 14.6. The van der Waals surface area contributed by atoms with Gasteiger partial charge >= 0.3 is 0 Å². The molecule has 8 N–H and O–H groups in total. The molecule has 0 aliphatic carbocycles. The summed E-state index contributed by atoms with van der Waals surface area (Å²) in [5, 5.41) is 5.44. The van der Waals surface area contributed by atoms with E-state index in [-0.39, 0.29) is 28.3 Å². The molecule has 2 aromatic rings. The Morgan fingerprint density at radius 3 is 2.40 bits per heavy atom. The van der Waals surface area contributed by atoms with Gasteiger partial charge in [-0.2, -0.15) is 0 Å². The minimum Gasteiger partial charge on any atom is -0.402 e. The molecule has 7 nitrogen and oxygen atoms in total. The van der Waals surface area contributed by atoms with Crippen LogP contribution in [0.25, 0.3) is 0 Å². The lowest BCUT2D eigenvalue weighted by molar-refractivity contribution is -0.118. The third-order valence-electron chi connectivity index (χ3n) is 3.99. The van der Waals surface area contributed by atoms with Gasteiger partial charge in [0.1, 0.15) is 22.7 Å². The monoisotopic (exact) mass is 433 g/mol. The molecular formula is C20H21F2N5O2S. The lowest BCUT2D eigenvalue weighted by Crippen LogP contribution is -2.37. The molecule has 0 heterocycles. The average molecular weight is 433 g/mol. The van der Waals surface area contributed by atoms with Crippen LogP contribution in [-0.4, -0.2) is 22.8 Å². The van der Waals surface area contributed by atoms with E-state index in [1.54, 1.807) is 13.0 Å². The Kier molecular flexibility index (Phi) is 7.43. The molecular weight excluding hydrogens is 412 g/mol. The van der Waals surface area contributed by atoms with E-state index < -0.39 is 29.5 Å². The lowest BCUT2D eigenvalue weighted by Gasteiger charge is -2.19. The number of nitrogens with one attached hydrogen (secondary N) is 2. The van der Waals surface area contributed by atoms with Crippen molar-refractivity contribution in [1.29, 1.82) is 0 Å². The molecule has 1 atom stereocenters. The zero-order valence-corrected chi connectivity index (χ0v) is 16.9. The normalized spacial score (nSPS) is 12.2. The van der Waals surface area contributed by atoms with E-state index in [9.17, 15) is 18.4 Å². The van der Waals surface area contributed by atoms with Crippen molar-refractivity contribution in [3.8, 4) is 0 Å². The summed E-state index contributed by atoms with van der Waals surface area (Å²) in [6.45, 7) is 1.62. The number of nitrogens with two attached hydrogens (primary N) is 3. The largest absolute Gasteiger partial charge is 0.402 e. The molecule has 158 valence electrons. The highest BCUT2D eigenvalue weighted by Gasteiger charge is 2.20. The molecule has 10 heteroatoms. The first kappa shape index (κ1) is 22.8. The number of amides is 2. The first-order valence-corrected chi connectivity index (χ1v) is 9.16. The third-order valence-corrected chi connectivity index (χ3v) is 4.21. The van der Waals surface area contributed by atoms with Gasteiger partial charge in [-0.05, 0) is 42.8 Å². The minimum absolute atomic E-state index is 0.0143. The number of benzene rings is 2. The van der Waals surface area contributed by atoms with Crippen LogP contribution in [0.1, 0.15) is 22.8 Å². The summed E-state index contributed by atoms with van der Waals surface area (Å²) in [6.07, 6.45) is 1.45. The van der Waals surface area contributed by atoms with Crippen LogP contribution in [-0.2, 0) is 11.2 Å². The van der Waals surface area contributed by atoms with Gasteiger partial charge in [0.25, 0.3) is 5.91 Å². The van der Waals surface area contributed by atoms with Crippen molar-refractivity contribution in [2.45, 2.75) is 19.4 Å². The van der Waals surface area contributed by atoms with Crippen LogP contribution < -0.4 is 27.8 Å². The van der Waals surface area contributed by atoms with Gasteiger partial charge in [-0.3, -0.25) is 9.59 Å². The number of halogens is 2. The predicted octanol–water partition coefficient (Wildman–Crippen LogP) is 2.17. The number of rotatable bonds is 8. The Morgan fingerprint density at radius 1 is 1.13 bits per heavy atom. The average Bonchev–Trinajstić information content (AvgIpc) is 2.62. The summed E-state index contributed by atoms with van der Waals surface area (Å²) >= 11 is 5.12. The Labute approximate surface area is 177 Å². The van der Waals surface area contributed by atoms with Gasteiger partial charge in [0.05, 0.1) is 16.9 Å². The van der Waals surface area contributed by atoms with Crippen LogP contribution in [0.4, 0.5) is 20.2 Å². The second kappa shape index (κ2) is 9.79. The number of hydrogen-bond donors (Lipinski definition) is 5. The van der Waals surface area contributed by atoms with E-state index in [2.05, 4.69) is 10.6 Å². The molecule has 0 aliphatic heterocycles. The molecule has 2 amide bonds. The fraction of sp³-hybridized carbons (Fsp3) is 0.150. The fourth-order valence-corrected chi connectivity index (χ4v) is 2.97. The molecule has 0 aliphatic rings. The Balaban J connectivity index is 2.37. The van der Waals surface area contributed by atoms with Crippen molar-refractivity contribution in [3.63, 3.8) is 0 Å². The van der Waals surface area contributed by atoms with Crippen molar-refractivity contribution in [2.75, 3.05) is 10.6 Å². The van der Waals surface area contributed by atoms with E-state index in [0.717, 1.165) is 6.07 Å². The Morgan fingerprint density at radius 2 is 1.83 bits per heavy atom. The number of anilines is 2. The summed E-state index contributed by atoms with van der Waals surface area (Å²) in [7, 11) is 0. The second-order valence-corrected chi connectivity index (χ2v) is 6.99. The predicted molar refractivity (Wildman–Crippen MR) is 116 cm³/mol. The third kappa shape index (κ3) is 6.24. The van der Waals surface area contributed by atoms with Crippen LogP contribution in [0.2, 0.25) is 0 Å². The van der Waals surface area contributed by atoms with Gasteiger partial charge in [-0.1, -0.05) is 24.4 Å². The van der Waals surface area contributed by atoms with Crippen molar-refractivity contribution < 1.29 is 18.4 Å². The molecule has 0 fully saturated rings. The summed E-state index contributed by atoms with van der Waals surface area (Å²) in [4.78, 5) is 23.7. The molecule has 0 saturated heterocycles. The van der Waals surface area contributed by atoms with Gasteiger partial charge in [0.15, 0.2) is 0 Å². The van der Waals surface area contributed by atoms with Gasteiger partial charge in [0.2, 0.25) is 5.91 Å². The van der Waals surface area contributed by atoms with Crippen LogP contribution in [0.3, 0.4) is 0 Å². The SMILES string of the molecule is CC(N)=CC(=S)Nc1cc(N[C@H](Cc2cccc(F)c2)C(N)=O)c(F)cc1C(N)=O. The molecule has 2 rings (SSSR count). The standard InChI is InChI=1S/C20H21F2N5O2S/c1-10(23)5-18(30)27-15-9-16(14(22)8-13(15)19(24)28)26-17(20(25)29)7-11-3-2-4-12(21)6-11/h2-6,8-9,17,26H,7,23H2,1H3,(H2,24,28)(H2,25,29)(H,27,30)/t17-/m1/s1. The molecule has 30 heavy (non-hydrogen) atoms. The summed E-state index contributed by atoms with van der Waals surface area (Å²) in [5.41, 5.74) is 17.1. The maximum atomic E-state index is 14.6. The molecule has 0 spiro atoms. The summed E-state index contributed by atoms with van der Waals surface area (Å²) in [6, 6.07) is 6.71. The minimum atomic E-state index is -1.05. The van der Waals surface area contributed by atoms with E-state index in [4.69, 9.17) is 29.4 Å².